The Morgan fingerprint density at radius 2 is 1.30 bits per heavy atom. The fourth-order valence-electron chi connectivity index (χ4n) is 6.29. The monoisotopic (exact) mass is 903 g/mol. The van der Waals surface area contributed by atoms with Crippen LogP contribution in [0, 0.1) is 5.92 Å². The normalized spacial score (nSPS) is 15.5. The molecule has 0 aromatic heterocycles. The number of nitrogens with two attached hydrogens (primary N) is 1. The maximum Gasteiger partial charge on any atom is 0.312 e. The molecule has 22 nitrogen and oxygen atoms in total. The SMILES string of the molecule is CC(C)C(NC(=O)CCOCCOCCOCCOCCNC(=O)CCN1C(=O)C=CC1=O)C(=O)N[C@@H](CCCNC(N)=O)C(=O)Nc1ccc(C(O)C(=O)N2CCN(C)CC2)cc1. The average Bonchev–Trinajstić information content (AvgIpc) is 3.59. The standard InChI is InChI=1S/C42H65N9O13/c1-29(2)37(48-34(53)13-21-61-23-25-63-27-28-64-26-24-62-22-15-44-33(52)12-16-51-35(54)10-11-36(51)55)40(58)47-32(5-4-14-45-42(43)60)39(57)46-31-8-6-30(7-9-31)38(56)41(59)50-19-17-49(3)18-20-50/h6-11,29,32,37-38,56H,4-5,12-28H2,1-3H3,(H,44,52)(H,46,57)(H,47,58)(H,48,53)(H3,43,45,60)/t32-,37?,38?/m0/s1. The number of aliphatic hydroxyl groups excluding tert-OH is 1. The second-order valence-corrected chi connectivity index (χ2v) is 15.4. The highest BCUT2D eigenvalue weighted by atomic mass is 16.6. The molecule has 3 rings (SSSR count). The Balaban J connectivity index is 1.30. The summed E-state index contributed by atoms with van der Waals surface area (Å²) in [5, 5.41) is 24.0. The number of urea groups is 1. The van der Waals surface area contributed by atoms with Crippen molar-refractivity contribution in [3.05, 3.63) is 42.0 Å². The van der Waals surface area contributed by atoms with Crippen LogP contribution < -0.4 is 32.3 Å². The number of hydrogen-bond donors (Lipinski definition) is 7. The molecule has 64 heavy (non-hydrogen) atoms. The molecule has 2 aliphatic heterocycles. The average molecular weight is 904 g/mol. The van der Waals surface area contributed by atoms with E-state index in [1.54, 1.807) is 43.0 Å². The summed E-state index contributed by atoms with van der Waals surface area (Å²) >= 11 is 0. The van der Waals surface area contributed by atoms with Gasteiger partial charge < -0.3 is 66.2 Å². The van der Waals surface area contributed by atoms with Gasteiger partial charge in [0, 0.05) is 76.5 Å². The molecule has 3 atom stereocenters. The number of carbonyl (C=O) groups is 8. The Bertz CT molecular complexity index is 1700. The lowest BCUT2D eigenvalue weighted by atomic mass is 10.0. The van der Waals surface area contributed by atoms with Crippen molar-refractivity contribution in [1.29, 1.82) is 0 Å². The highest BCUT2D eigenvalue weighted by Crippen LogP contribution is 2.20. The van der Waals surface area contributed by atoms with Gasteiger partial charge in [-0.25, -0.2) is 4.79 Å². The fraction of sp³-hybridized carbons (Fsp3) is 0.619. The number of carbonyl (C=O) groups excluding carboxylic acids is 8. The Kier molecular flexibility index (Phi) is 24.0. The molecular formula is C42H65N9O13. The molecule has 22 heteroatoms. The van der Waals surface area contributed by atoms with Crippen molar-refractivity contribution < 1.29 is 62.4 Å². The number of likely N-dealkylation sites (N-methyl/N-ethyl adjacent to an activating group) is 1. The van der Waals surface area contributed by atoms with Crippen LogP contribution in [0.25, 0.3) is 0 Å². The van der Waals surface area contributed by atoms with Gasteiger partial charge in [-0.2, -0.15) is 0 Å². The molecule has 0 radical (unpaired) electrons. The zero-order valence-electron chi connectivity index (χ0n) is 37.0. The van der Waals surface area contributed by atoms with E-state index in [0.717, 1.165) is 4.90 Å². The molecule has 2 unspecified atom stereocenters. The first-order valence-electron chi connectivity index (χ1n) is 21.5. The van der Waals surface area contributed by atoms with E-state index in [9.17, 15) is 43.5 Å². The number of rotatable bonds is 30. The smallest absolute Gasteiger partial charge is 0.312 e. The Morgan fingerprint density at radius 3 is 1.88 bits per heavy atom. The summed E-state index contributed by atoms with van der Waals surface area (Å²) in [5.74, 6) is -3.47. The van der Waals surface area contributed by atoms with Crippen molar-refractivity contribution in [3.8, 4) is 0 Å². The number of aliphatic hydroxyl groups is 1. The van der Waals surface area contributed by atoms with Crippen LogP contribution >= 0.6 is 0 Å². The van der Waals surface area contributed by atoms with E-state index in [2.05, 4.69) is 31.5 Å². The highest BCUT2D eigenvalue weighted by Gasteiger charge is 2.30. The van der Waals surface area contributed by atoms with E-state index in [1.807, 2.05) is 7.05 Å². The third kappa shape index (κ3) is 19.9. The maximum atomic E-state index is 13.5. The van der Waals surface area contributed by atoms with Gasteiger partial charge in [-0.3, -0.25) is 38.5 Å². The largest absolute Gasteiger partial charge is 0.379 e. The summed E-state index contributed by atoms with van der Waals surface area (Å²) in [6.07, 6.45) is 1.38. The van der Waals surface area contributed by atoms with Crippen molar-refractivity contribution in [2.24, 2.45) is 11.7 Å². The Morgan fingerprint density at radius 1 is 0.719 bits per heavy atom. The van der Waals surface area contributed by atoms with Crippen LogP contribution in [0.3, 0.4) is 0 Å². The second kappa shape index (κ2) is 29.0. The number of hydrogen-bond acceptors (Lipinski definition) is 14. The van der Waals surface area contributed by atoms with Crippen molar-refractivity contribution in [2.45, 2.75) is 57.7 Å². The predicted octanol–water partition coefficient (Wildman–Crippen LogP) is -1.61. The number of benzene rings is 1. The molecule has 1 aromatic carbocycles. The number of anilines is 1. The van der Waals surface area contributed by atoms with E-state index in [1.165, 1.54) is 12.2 Å². The van der Waals surface area contributed by atoms with Crippen molar-refractivity contribution in [2.75, 3.05) is 111 Å². The van der Waals surface area contributed by atoms with Gasteiger partial charge in [0.25, 0.3) is 17.7 Å². The quantitative estimate of drug-likeness (QED) is 0.0338. The predicted molar refractivity (Wildman–Crippen MR) is 231 cm³/mol. The molecule has 2 heterocycles. The molecule has 9 amide bonds. The first-order chi connectivity index (χ1) is 30.7. The van der Waals surface area contributed by atoms with Crippen molar-refractivity contribution in [3.63, 3.8) is 0 Å². The number of primary amides is 1. The molecular weight excluding hydrogens is 839 g/mol. The van der Waals surface area contributed by atoms with Crippen LogP contribution in [-0.4, -0.2) is 185 Å². The van der Waals surface area contributed by atoms with E-state index in [4.69, 9.17) is 24.7 Å². The maximum absolute atomic E-state index is 13.5. The van der Waals surface area contributed by atoms with Gasteiger partial charge in [-0.1, -0.05) is 26.0 Å². The fourth-order valence-corrected chi connectivity index (χ4v) is 6.29. The molecule has 2 aliphatic rings. The Labute approximate surface area is 373 Å². The molecule has 0 aliphatic carbocycles. The van der Waals surface area contributed by atoms with E-state index in [-0.39, 0.29) is 77.1 Å². The second-order valence-electron chi connectivity index (χ2n) is 15.4. The molecule has 8 N–H and O–H groups in total. The van der Waals surface area contributed by atoms with Gasteiger partial charge in [0.05, 0.1) is 52.9 Å². The van der Waals surface area contributed by atoms with E-state index < -0.39 is 59.7 Å². The van der Waals surface area contributed by atoms with Gasteiger partial charge in [-0.15, -0.1) is 0 Å². The molecule has 0 bridgehead atoms. The zero-order valence-corrected chi connectivity index (χ0v) is 37.0. The first kappa shape index (κ1) is 52.8. The number of ether oxygens (including phenoxy) is 4. The Hall–Kier alpha value is -5.52. The first-order valence-corrected chi connectivity index (χ1v) is 21.5. The minimum absolute atomic E-state index is 0.00721. The lowest BCUT2D eigenvalue weighted by Crippen LogP contribution is -2.54. The van der Waals surface area contributed by atoms with E-state index >= 15 is 0 Å². The van der Waals surface area contributed by atoms with E-state index in [0.29, 0.717) is 70.3 Å². The molecule has 1 aromatic rings. The lowest BCUT2D eigenvalue weighted by Gasteiger charge is -2.33. The minimum atomic E-state index is -1.36. The summed E-state index contributed by atoms with van der Waals surface area (Å²) in [5.41, 5.74) is 5.90. The van der Waals surface area contributed by atoms with Crippen LogP contribution in [-0.2, 0) is 52.5 Å². The van der Waals surface area contributed by atoms with Gasteiger partial charge in [0.2, 0.25) is 23.6 Å². The molecule has 1 saturated heterocycles. The van der Waals surface area contributed by atoms with Gasteiger partial charge in [0.1, 0.15) is 12.1 Å². The lowest BCUT2D eigenvalue weighted by molar-refractivity contribution is -0.142. The summed E-state index contributed by atoms with van der Waals surface area (Å²) in [4.78, 5) is 103. The highest BCUT2D eigenvalue weighted by molar-refractivity contribution is 6.13. The summed E-state index contributed by atoms with van der Waals surface area (Å²) < 4.78 is 21.8. The summed E-state index contributed by atoms with van der Waals surface area (Å²) in [6, 6.07) is 3.42. The topological polar surface area (TPSA) is 290 Å². The molecule has 0 spiro atoms. The van der Waals surface area contributed by atoms with Crippen molar-refractivity contribution in [1.82, 2.24) is 36.0 Å². The zero-order chi connectivity index (χ0) is 46.9. The third-order valence-electron chi connectivity index (χ3n) is 10.0. The van der Waals surface area contributed by atoms with Crippen LogP contribution in [0.1, 0.15) is 51.2 Å². The minimum Gasteiger partial charge on any atom is -0.379 e. The van der Waals surface area contributed by atoms with Gasteiger partial charge >= 0.3 is 6.03 Å². The van der Waals surface area contributed by atoms with Crippen LogP contribution in [0.5, 0.6) is 0 Å². The molecule has 356 valence electrons. The van der Waals surface area contributed by atoms with Crippen LogP contribution in [0.2, 0.25) is 0 Å². The number of nitrogens with zero attached hydrogens (tertiary/aromatic N) is 3. The number of piperazine rings is 1. The number of imide groups is 1. The molecule has 1 fully saturated rings. The number of nitrogens with one attached hydrogen (secondary N) is 5. The summed E-state index contributed by atoms with van der Waals surface area (Å²) in [7, 11) is 1.97. The van der Waals surface area contributed by atoms with Gasteiger partial charge in [-0.05, 0) is 43.5 Å². The number of amides is 9. The molecule has 0 saturated carbocycles. The van der Waals surface area contributed by atoms with Gasteiger partial charge in [0.15, 0.2) is 6.10 Å². The summed E-state index contributed by atoms with van der Waals surface area (Å²) in [6.45, 7) is 8.46. The third-order valence-corrected chi connectivity index (χ3v) is 10.0. The van der Waals surface area contributed by atoms with Crippen molar-refractivity contribution >= 4 is 53.1 Å². The van der Waals surface area contributed by atoms with Crippen LogP contribution in [0.15, 0.2) is 36.4 Å². The van der Waals surface area contributed by atoms with Crippen LogP contribution in [0.4, 0.5) is 10.5 Å².